The lowest BCUT2D eigenvalue weighted by molar-refractivity contribution is 0.0719. The lowest BCUT2D eigenvalue weighted by atomic mass is 9.99. The van der Waals surface area contributed by atoms with E-state index in [2.05, 4.69) is 22.2 Å². The smallest absolute Gasteiger partial charge is 0.253 e. The van der Waals surface area contributed by atoms with Gasteiger partial charge in [-0.15, -0.1) is 6.58 Å². The van der Waals surface area contributed by atoms with E-state index in [1.165, 1.54) is 6.20 Å². The van der Waals surface area contributed by atoms with Gasteiger partial charge < -0.3 is 15.7 Å². The van der Waals surface area contributed by atoms with Crippen LogP contribution in [0.1, 0.15) is 22.8 Å². The van der Waals surface area contributed by atoms with Crippen LogP contribution in [-0.4, -0.2) is 29.1 Å². The van der Waals surface area contributed by atoms with E-state index in [0.29, 0.717) is 24.5 Å². The topological polar surface area (TPSA) is 74.2 Å². The molecule has 2 aromatic rings. The zero-order chi connectivity index (χ0) is 16.0. The fourth-order valence-corrected chi connectivity index (χ4v) is 2.62. The standard InChI is InChI=1S/C16H19N3O2S/c1-3-7-17-15(20)12-4-5-14(18-9-12)19-11-16(2,21)13-6-8-22-10-13/h3-6,8-10,21H,1,7,11H2,2H3,(H,17,20)(H,18,19)/t16-/m0/s1. The Morgan fingerprint density at radius 1 is 1.50 bits per heavy atom. The zero-order valence-corrected chi connectivity index (χ0v) is 13.2. The number of hydrogen-bond donors (Lipinski definition) is 3. The minimum atomic E-state index is -0.971. The summed E-state index contributed by atoms with van der Waals surface area (Å²) in [5.41, 5.74) is 0.379. The van der Waals surface area contributed by atoms with Crippen molar-refractivity contribution in [2.24, 2.45) is 0 Å². The summed E-state index contributed by atoms with van der Waals surface area (Å²) in [6.45, 7) is 6.05. The van der Waals surface area contributed by atoms with Gasteiger partial charge in [0.2, 0.25) is 0 Å². The largest absolute Gasteiger partial charge is 0.384 e. The summed E-state index contributed by atoms with van der Waals surface area (Å²) in [7, 11) is 0. The predicted molar refractivity (Wildman–Crippen MR) is 89.1 cm³/mol. The van der Waals surface area contributed by atoms with Gasteiger partial charge in [0, 0.05) is 19.3 Å². The molecule has 0 fully saturated rings. The van der Waals surface area contributed by atoms with E-state index >= 15 is 0 Å². The quantitative estimate of drug-likeness (QED) is 0.686. The van der Waals surface area contributed by atoms with E-state index in [0.717, 1.165) is 5.56 Å². The Kier molecular flexibility index (Phi) is 5.30. The van der Waals surface area contributed by atoms with Gasteiger partial charge >= 0.3 is 0 Å². The summed E-state index contributed by atoms with van der Waals surface area (Å²) >= 11 is 1.54. The molecular formula is C16H19N3O2S. The van der Waals surface area contributed by atoms with E-state index in [4.69, 9.17) is 0 Å². The first-order valence-corrected chi connectivity index (χ1v) is 7.81. The maximum atomic E-state index is 11.7. The maximum Gasteiger partial charge on any atom is 0.253 e. The molecule has 0 saturated heterocycles. The highest BCUT2D eigenvalue weighted by molar-refractivity contribution is 7.08. The van der Waals surface area contributed by atoms with Gasteiger partial charge in [-0.05, 0) is 41.4 Å². The second kappa shape index (κ2) is 7.20. The highest BCUT2D eigenvalue weighted by Crippen LogP contribution is 2.23. The van der Waals surface area contributed by atoms with Crippen molar-refractivity contribution in [2.45, 2.75) is 12.5 Å². The van der Waals surface area contributed by atoms with E-state index in [1.807, 2.05) is 16.8 Å². The average Bonchev–Trinajstić information content (AvgIpc) is 3.06. The molecule has 5 nitrogen and oxygen atoms in total. The molecule has 0 spiro atoms. The molecule has 3 N–H and O–H groups in total. The Hall–Kier alpha value is -2.18. The molecule has 116 valence electrons. The van der Waals surface area contributed by atoms with Crippen LogP contribution in [0, 0.1) is 0 Å². The van der Waals surface area contributed by atoms with Crippen molar-refractivity contribution in [3.63, 3.8) is 0 Å². The van der Waals surface area contributed by atoms with Crippen molar-refractivity contribution in [1.29, 1.82) is 0 Å². The summed E-state index contributed by atoms with van der Waals surface area (Å²) in [5, 5.41) is 20.0. The number of rotatable bonds is 7. The third-order valence-corrected chi connectivity index (χ3v) is 3.87. The summed E-state index contributed by atoms with van der Waals surface area (Å²) in [6, 6.07) is 5.30. The molecule has 0 radical (unpaired) electrons. The first-order valence-electron chi connectivity index (χ1n) is 6.87. The normalized spacial score (nSPS) is 13.2. The minimum absolute atomic E-state index is 0.191. The van der Waals surface area contributed by atoms with Crippen LogP contribution in [0.3, 0.4) is 0 Å². The number of aliphatic hydroxyl groups is 1. The summed E-state index contributed by atoms with van der Waals surface area (Å²) in [6.07, 6.45) is 3.12. The van der Waals surface area contributed by atoms with Gasteiger partial charge in [0.1, 0.15) is 11.4 Å². The van der Waals surface area contributed by atoms with Crippen LogP contribution in [-0.2, 0) is 5.60 Å². The molecule has 0 aliphatic heterocycles. The number of thiophene rings is 1. The Labute approximate surface area is 133 Å². The second-order valence-electron chi connectivity index (χ2n) is 5.07. The van der Waals surface area contributed by atoms with Crippen LogP contribution >= 0.6 is 11.3 Å². The molecule has 2 aromatic heterocycles. The molecule has 0 saturated carbocycles. The van der Waals surface area contributed by atoms with Crippen molar-refractivity contribution >= 4 is 23.1 Å². The summed E-state index contributed by atoms with van der Waals surface area (Å²) in [5.74, 6) is 0.417. The van der Waals surface area contributed by atoms with E-state index < -0.39 is 5.60 Å². The second-order valence-corrected chi connectivity index (χ2v) is 5.85. The lowest BCUT2D eigenvalue weighted by Gasteiger charge is -2.23. The third kappa shape index (κ3) is 4.16. The summed E-state index contributed by atoms with van der Waals surface area (Å²) in [4.78, 5) is 15.9. The van der Waals surface area contributed by atoms with E-state index in [1.54, 1.807) is 36.5 Å². The van der Waals surface area contributed by atoms with Crippen LogP contribution in [0.2, 0.25) is 0 Å². The fourth-order valence-electron chi connectivity index (χ4n) is 1.84. The van der Waals surface area contributed by atoms with E-state index in [-0.39, 0.29) is 5.91 Å². The number of aromatic nitrogens is 1. The Morgan fingerprint density at radius 3 is 2.91 bits per heavy atom. The van der Waals surface area contributed by atoms with Crippen LogP contribution in [0.25, 0.3) is 0 Å². The number of anilines is 1. The van der Waals surface area contributed by atoms with Gasteiger partial charge in [-0.3, -0.25) is 4.79 Å². The number of nitrogens with one attached hydrogen (secondary N) is 2. The highest BCUT2D eigenvalue weighted by Gasteiger charge is 2.23. The molecule has 0 bridgehead atoms. The number of amides is 1. The SMILES string of the molecule is C=CCNC(=O)c1ccc(NC[C@](C)(O)c2ccsc2)nc1. The fraction of sp³-hybridized carbons (Fsp3) is 0.250. The van der Waals surface area contributed by atoms with Gasteiger partial charge in [-0.2, -0.15) is 11.3 Å². The van der Waals surface area contributed by atoms with Gasteiger partial charge in [-0.25, -0.2) is 4.98 Å². The minimum Gasteiger partial charge on any atom is -0.384 e. The molecule has 1 atom stereocenters. The third-order valence-electron chi connectivity index (χ3n) is 3.19. The number of carbonyl (C=O) groups excluding carboxylic acids is 1. The van der Waals surface area contributed by atoms with Crippen LogP contribution < -0.4 is 10.6 Å². The van der Waals surface area contributed by atoms with Crippen LogP contribution in [0.4, 0.5) is 5.82 Å². The highest BCUT2D eigenvalue weighted by atomic mass is 32.1. The molecule has 0 unspecified atom stereocenters. The molecule has 22 heavy (non-hydrogen) atoms. The predicted octanol–water partition coefficient (Wildman–Crippen LogP) is 2.38. The number of hydrogen-bond acceptors (Lipinski definition) is 5. The molecule has 0 aromatic carbocycles. The van der Waals surface area contributed by atoms with Crippen molar-refractivity contribution in [2.75, 3.05) is 18.4 Å². The van der Waals surface area contributed by atoms with Crippen molar-refractivity contribution in [3.8, 4) is 0 Å². The van der Waals surface area contributed by atoms with Crippen LogP contribution in [0.15, 0.2) is 47.8 Å². The van der Waals surface area contributed by atoms with Crippen LogP contribution in [0.5, 0.6) is 0 Å². The maximum absolute atomic E-state index is 11.7. The lowest BCUT2D eigenvalue weighted by Crippen LogP contribution is -2.30. The molecule has 2 rings (SSSR count). The molecular weight excluding hydrogens is 298 g/mol. The molecule has 2 heterocycles. The summed E-state index contributed by atoms with van der Waals surface area (Å²) < 4.78 is 0. The molecule has 6 heteroatoms. The molecule has 0 aliphatic carbocycles. The first kappa shape index (κ1) is 16.2. The monoisotopic (exact) mass is 317 g/mol. The number of carbonyl (C=O) groups is 1. The first-order chi connectivity index (χ1) is 10.5. The Balaban J connectivity index is 1.94. The zero-order valence-electron chi connectivity index (χ0n) is 12.4. The average molecular weight is 317 g/mol. The van der Waals surface area contributed by atoms with Crippen molar-refractivity contribution in [1.82, 2.24) is 10.3 Å². The number of pyridine rings is 1. The molecule has 0 aliphatic rings. The number of nitrogens with zero attached hydrogens (tertiary/aromatic N) is 1. The molecule has 1 amide bonds. The van der Waals surface area contributed by atoms with Crippen molar-refractivity contribution in [3.05, 3.63) is 58.9 Å². The van der Waals surface area contributed by atoms with Gasteiger partial charge in [0.25, 0.3) is 5.91 Å². The van der Waals surface area contributed by atoms with Gasteiger partial charge in [-0.1, -0.05) is 6.08 Å². The van der Waals surface area contributed by atoms with Gasteiger partial charge in [0.05, 0.1) is 5.56 Å². The van der Waals surface area contributed by atoms with Gasteiger partial charge in [0.15, 0.2) is 0 Å². The Bertz CT molecular complexity index is 621. The van der Waals surface area contributed by atoms with Crippen molar-refractivity contribution < 1.29 is 9.90 Å². The van der Waals surface area contributed by atoms with E-state index in [9.17, 15) is 9.90 Å². The Morgan fingerprint density at radius 2 is 2.32 bits per heavy atom.